The van der Waals surface area contributed by atoms with Crippen LogP contribution >= 0.6 is 0 Å². The van der Waals surface area contributed by atoms with Crippen molar-refractivity contribution in [2.75, 3.05) is 5.32 Å². The molecule has 0 unspecified atom stereocenters. The van der Waals surface area contributed by atoms with Crippen LogP contribution in [0.3, 0.4) is 0 Å². The van der Waals surface area contributed by atoms with Crippen LogP contribution in [0.4, 0.5) is 10.5 Å². The lowest BCUT2D eigenvalue weighted by molar-refractivity contribution is 0.214. The maximum Gasteiger partial charge on any atom is 0.417 e. The lowest BCUT2D eigenvalue weighted by Crippen LogP contribution is -2.18. The molecular weight excluding hydrogens is 352 g/mol. The molecule has 4 aromatic rings. The predicted octanol–water partition coefficient (Wildman–Crippen LogP) is 4.98. The van der Waals surface area contributed by atoms with E-state index in [1.165, 1.54) is 0 Å². The van der Waals surface area contributed by atoms with Gasteiger partial charge >= 0.3 is 6.09 Å². The van der Waals surface area contributed by atoms with E-state index in [0.717, 1.165) is 35.1 Å². The molecule has 0 aliphatic rings. The topological polar surface area (TPSA) is 69.0 Å². The zero-order chi connectivity index (χ0) is 19.3. The van der Waals surface area contributed by atoms with Crippen LogP contribution < -0.4 is 10.1 Å². The van der Waals surface area contributed by atoms with Gasteiger partial charge in [-0.2, -0.15) is 5.10 Å². The molecule has 0 aliphatic carbocycles. The first-order valence-corrected chi connectivity index (χ1v) is 9.21. The van der Waals surface area contributed by atoms with E-state index in [-0.39, 0.29) is 0 Å². The van der Waals surface area contributed by atoms with Crippen LogP contribution in [-0.2, 0) is 6.42 Å². The summed E-state index contributed by atoms with van der Waals surface area (Å²) < 4.78 is 7.40. The number of aromatic nitrogens is 3. The van der Waals surface area contributed by atoms with Gasteiger partial charge in [0.1, 0.15) is 0 Å². The van der Waals surface area contributed by atoms with Crippen molar-refractivity contribution in [1.82, 2.24) is 14.8 Å². The fourth-order valence-electron chi connectivity index (χ4n) is 3.14. The molecule has 0 radical (unpaired) electrons. The molecule has 2 aromatic carbocycles. The van der Waals surface area contributed by atoms with Crippen molar-refractivity contribution < 1.29 is 9.53 Å². The quantitative estimate of drug-likeness (QED) is 0.536. The van der Waals surface area contributed by atoms with Gasteiger partial charge in [0.05, 0.1) is 28.8 Å². The maximum atomic E-state index is 12.5. The van der Waals surface area contributed by atoms with Crippen molar-refractivity contribution in [3.05, 3.63) is 78.8 Å². The van der Waals surface area contributed by atoms with E-state index >= 15 is 0 Å². The van der Waals surface area contributed by atoms with E-state index in [1.54, 1.807) is 18.5 Å². The number of carbonyl (C=O) groups excluding carboxylic acids is 1. The van der Waals surface area contributed by atoms with Gasteiger partial charge in [-0.05, 0) is 30.7 Å². The van der Waals surface area contributed by atoms with Crippen LogP contribution in [-0.4, -0.2) is 20.9 Å². The van der Waals surface area contributed by atoms with Gasteiger partial charge in [0.2, 0.25) is 0 Å². The largest absolute Gasteiger partial charge is 0.417 e. The molecular formula is C22H20N4O2. The summed E-state index contributed by atoms with van der Waals surface area (Å²) in [5.41, 5.74) is 3.12. The first-order chi connectivity index (χ1) is 13.8. The molecule has 4 rings (SSSR count). The van der Waals surface area contributed by atoms with Crippen molar-refractivity contribution in [2.45, 2.75) is 19.8 Å². The second-order valence-corrected chi connectivity index (χ2v) is 6.35. The molecule has 0 atom stereocenters. The average Bonchev–Trinajstić information content (AvgIpc) is 3.11. The third-order valence-corrected chi connectivity index (χ3v) is 4.39. The summed E-state index contributed by atoms with van der Waals surface area (Å²) in [4.78, 5) is 16.9. The Morgan fingerprint density at radius 3 is 2.71 bits per heavy atom. The van der Waals surface area contributed by atoms with Crippen molar-refractivity contribution in [3.63, 3.8) is 0 Å². The fourth-order valence-corrected chi connectivity index (χ4v) is 3.14. The minimum Gasteiger partial charge on any atom is -0.406 e. The molecule has 2 heterocycles. The molecule has 140 valence electrons. The SMILES string of the molecule is CCCc1c(OC(=O)Nc2cccc3cccnc23)cnn1-c1ccccc1. The van der Waals surface area contributed by atoms with Crippen molar-refractivity contribution in [3.8, 4) is 11.4 Å². The van der Waals surface area contributed by atoms with Crippen LogP contribution in [0.25, 0.3) is 16.6 Å². The van der Waals surface area contributed by atoms with E-state index < -0.39 is 6.09 Å². The predicted molar refractivity (Wildman–Crippen MR) is 109 cm³/mol. The Kier molecular flexibility index (Phi) is 5.01. The summed E-state index contributed by atoms with van der Waals surface area (Å²) in [6, 6.07) is 19.2. The number of rotatable bonds is 5. The van der Waals surface area contributed by atoms with Crippen molar-refractivity contribution >= 4 is 22.7 Å². The van der Waals surface area contributed by atoms with Gasteiger partial charge < -0.3 is 4.74 Å². The lowest BCUT2D eigenvalue weighted by Gasteiger charge is -2.10. The van der Waals surface area contributed by atoms with E-state index in [4.69, 9.17) is 4.74 Å². The Morgan fingerprint density at radius 1 is 1.07 bits per heavy atom. The van der Waals surface area contributed by atoms with Crippen LogP contribution in [0.2, 0.25) is 0 Å². The molecule has 28 heavy (non-hydrogen) atoms. The Hall–Kier alpha value is -3.67. The first-order valence-electron chi connectivity index (χ1n) is 9.21. The Bertz CT molecular complexity index is 1100. The fraction of sp³-hybridized carbons (Fsp3) is 0.136. The smallest absolute Gasteiger partial charge is 0.406 e. The Labute approximate surface area is 162 Å². The summed E-state index contributed by atoms with van der Waals surface area (Å²) in [6.45, 7) is 2.08. The van der Waals surface area contributed by atoms with Crippen LogP contribution in [0, 0.1) is 0 Å². The zero-order valence-corrected chi connectivity index (χ0v) is 15.5. The van der Waals surface area contributed by atoms with Gasteiger partial charge in [-0.3, -0.25) is 10.3 Å². The minimum absolute atomic E-state index is 0.455. The highest BCUT2D eigenvalue weighted by molar-refractivity contribution is 5.98. The van der Waals surface area contributed by atoms with Gasteiger partial charge in [0.25, 0.3) is 0 Å². The number of pyridine rings is 1. The van der Waals surface area contributed by atoms with Gasteiger partial charge in [-0.25, -0.2) is 9.48 Å². The molecule has 6 heteroatoms. The number of benzene rings is 2. The molecule has 0 spiro atoms. The second-order valence-electron chi connectivity index (χ2n) is 6.35. The Morgan fingerprint density at radius 2 is 1.89 bits per heavy atom. The molecule has 0 saturated carbocycles. The van der Waals surface area contributed by atoms with Gasteiger partial charge in [0.15, 0.2) is 5.75 Å². The number of para-hydroxylation sites is 2. The molecule has 0 bridgehead atoms. The Balaban J connectivity index is 1.58. The maximum absolute atomic E-state index is 12.5. The third kappa shape index (κ3) is 3.57. The number of anilines is 1. The van der Waals surface area contributed by atoms with E-state index in [1.807, 2.05) is 59.3 Å². The highest BCUT2D eigenvalue weighted by Gasteiger charge is 2.17. The van der Waals surface area contributed by atoms with Crippen LogP contribution in [0.15, 0.2) is 73.1 Å². The number of nitrogens with one attached hydrogen (secondary N) is 1. The minimum atomic E-state index is -0.567. The molecule has 2 aromatic heterocycles. The highest BCUT2D eigenvalue weighted by atomic mass is 16.6. The van der Waals surface area contributed by atoms with E-state index in [2.05, 4.69) is 22.3 Å². The van der Waals surface area contributed by atoms with Gasteiger partial charge in [-0.15, -0.1) is 0 Å². The molecule has 1 amide bonds. The third-order valence-electron chi connectivity index (χ3n) is 4.39. The first kappa shape index (κ1) is 17.7. The van der Waals surface area contributed by atoms with Crippen LogP contribution in [0.1, 0.15) is 19.0 Å². The monoisotopic (exact) mass is 372 g/mol. The number of amides is 1. The summed E-state index contributed by atoms with van der Waals surface area (Å²) in [6.07, 6.45) is 4.36. The summed E-state index contributed by atoms with van der Waals surface area (Å²) >= 11 is 0. The lowest BCUT2D eigenvalue weighted by atomic mass is 10.2. The average molecular weight is 372 g/mol. The number of fused-ring (bicyclic) bond motifs is 1. The number of nitrogens with zero attached hydrogens (tertiary/aromatic N) is 3. The van der Waals surface area contributed by atoms with Crippen molar-refractivity contribution in [2.24, 2.45) is 0 Å². The highest BCUT2D eigenvalue weighted by Crippen LogP contribution is 2.25. The molecule has 0 saturated heterocycles. The summed E-state index contributed by atoms with van der Waals surface area (Å²) in [7, 11) is 0. The molecule has 0 aliphatic heterocycles. The number of hydrogen-bond donors (Lipinski definition) is 1. The van der Waals surface area contributed by atoms with Crippen molar-refractivity contribution in [1.29, 1.82) is 0 Å². The standard InChI is InChI=1S/C22H20N4O2/c1-2-8-19-20(15-24-26(19)17-11-4-3-5-12-17)28-22(27)25-18-13-6-9-16-10-7-14-23-21(16)18/h3-7,9-15H,2,8H2,1H3,(H,25,27). The molecule has 1 N–H and O–H groups in total. The number of hydrogen-bond acceptors (Lipinski definition) is 4. The van der Waals surface area contributed by atoms with Crippen LogP contribution in [0.5, 0.6) is 5.75 Å². The molecule has 0 fully saturated rings. The summed E-state index contributed by atoms with van der Waals surface area (Å²) in [5.74, 6) is 0.455. The van der Waals surface area contributed by atoms with E-state index in [0.29, 0.717) is 11.4 Å². The normalized spacial score (nSPS) is 10.8. The molecule has 6 nitrogen and oxygen atoms in total. The summed E-state index contributed by atoms with van der Waals surface area (Å²) in [5, 5.41) is 8.15. The van der Waals surface area contributed by atoms with Gasteiger partial charge in [0, 0.05) is 11.6 Å². The number of carbonyl (C=O) groups is 1. The van der Waals surface area contributed by atoms with Gasteiger partial charge in [-0.1, -0.05) is 49.7 Å². The van der Waals surface area contributed by atoms with E-state index in [9.17, 15) is 4.79 Å². The number of ether oxygens (including phenoxy) is 1. The zero-order valence-electron chi connectivity index (χ0n) is 15.5. The second kappa shape index (κ2) is 7.92.